The maximum absolute atomic E-state index is 12.9. The van der Waals surface area contributed by atoms with Crippen molar-refractivity contribution in [2.45, 2.75) is 0 Å². The molecule has 0 amide bonds. The zero-order chi connectivity index (χ0) is 14.7. The van der Waals surface area contributed by atoms with Crippen molar-refractivity contribution in [1.82, 2.24) is 24.7 Å². The fourth-order valence-electron chi connectivity index (χ4n) is 1.60. The molecule has 0 spiro atoms. The molecule has 2 aromatic heterocycles. The SMILES string of the molecule is CNc1nc(Oc2ccc(F)cc2)nc(-n2cccn2)n1. The van der Waals surface area contributed by atoms with E-state index in [2.05, 4.69) is 25.4 Å². The lowest BCUT2D eigenvalue weighted by Gasteiger charge is -2.07. The van der Waals surface area contributed by atoms with Crippen LogP contribution in [-0.2, 0) is 0 Å². The molecule has 21 heavy (non-hydrogen) atoms. The van der Waals surface area contributed by atoms with Crippen LogP contribution < -0.4 is 10.1 Å². The van der Waals surface area contributed by atoms with Crippen molar-refractivity contribution in [2.75, 3.05) is 12.4 Å². The first-order valence-electron chi connectivity index (χ1n) is 6.12. The highest BCUT2D eigenvalue weighted by atomic mass is 19.1. The van der Waals surface area contributed by atoms with Crippen LogP contribution in [0.5, 0.6) is 11.8 Å². The van der Waals surface area contributed by atoms with Gasteiger partial charge in [0.2, 0.25) is 5.95 Å². The van der Waals surface area contributed by atoms with Gasteiger partial charge >= 0.3 is 6.01 Å². The molecule has 1 N–H and O–H groups in total. The number of rotatable bonds is 4. The molecule has 0 unspecified atom stereocenters. The van der Waals surface area contributed by atoms with E-state index < -0.39 is 0 Å². The van der Waals surface area contributed by atoms with Crippen molar-refractivity contribution in [3.8, 4) is 17.7 Å². The normalized spacial score (nSPS) is 10.4. The Morgan fingerprint density at radius 2 is 1.95 bits per heavy atom. The van der Waals surface area contributed by atoms with Crippen molar-refractivity contribution >= 4 is 5.95 Å². The number of hydrogen-bond donors (Lipinski definition) is 1. The molecule has 0 aliphatic rings. The van der Waals surface area contributed by atoms with E-state index in [0.29, 0.717) is 17.6 Å². The number of aromatic nitrogens is 5. The zero-order valence-corrected chi connectivity index (χ0v) is 11.1. The van der Waals surface area contributed by atoms with Gasteiger partial charge in [0.25, 0.3) is 5.95 Å². The molecule has 0 saturated carbocycles. The number of nitrogens with zero attached hydrogens (tertiary/aromatic N) is 5. The summed E-state index contributed by atoms with van der Waals surface area (Å²) in [5.41, 5.74) is 0. The van der Waals surface area contributed by atoms with Crippen LogP contribution in [-0.4, -0.2) is 31.8 Å². The smallest absolute Gasteiger partial charge is 0.328 e. The number of nitrogens with one attached hydrogen (secondary N) is 1. The van der Waals surface area contributed by atoms with E-state index >= 15 is 0 Å². The topological polar surface area (TPSA) is 77.8 Å². The second-order valence-corrected chi connectivity index (χ2v) is 4.00. The lowest BCUT2D eigenvalue weighted by molar-refractivity contribution is 0.437. The van der Waals surface area contributed by atoms with Crippen LogP contribution in [0.1, 0.15) is 0 Å². The highest BCUT2D eigenvalue weighted by Crippen LogP contribution is 2.19. The van der Waals surface area contributed by atoms with Gasteiger partial charge in [-0.1, -0.05) is 0 Å². The first-order chi connectivity index (χ1) is 10.2. The van der Waals surface area contributed by atoms with Gasteiger partial charge in [-0.2, -0.15) is 20.1 Å². The van der Waals surface area contributed by atoms with Gasteiger partial charge in [0, 0.05) is 19.4 Å². The summed E-state index contributed by atoms with van der Waals surface area (Å²) in [7, 11) is 1.68. The molecule has 0 atom stereocenters. The Kier molecular flexibility index (Phi) is 3.42. The summed E-state index contributed by atoms with van der Waals surface area (Å²) in [6.45, 7) is 0. The third-order valence-corrected chi connectivity index (χ3v) is 2.56. The lowest BCUT2D eigenvalue weighted by Crippen LogP contribution is -2.08. The van der Waals surface area contributed by atoms with Crippen molar-refractivity contribution < 1.29 is 9.13 Å². The van der Waals surface area contributed by atoms with Crippen LogP contribution in [0.25, 0.3) is 5.95 Å². The van der Waals surface area contributed by atoms with Gasteiger partial charge in [0.15, 0.2) is 0 Å². The third kappa shape index (κ3) is 2.94. The molecule has 0 saturated heterocycles. The molecule has 0 bridgehead atoms. The summed E-state index contributed by atoms with van der Waals surface area (Å²) in [5.74, 6) is 0.742. The molecule has 3 aromatic rings. The summed E-state index contributed by atoms with van der Waals surface area (Å²) < 4.78 is 19.9. The standard InChI is InChI=1S/C13H11FN6O/c1-15-11-17-12(20-8-2-7-16-20)19-13(18-11)21-10-5-3-9(14)4-6-10/h2-8H,1H3,(H,15,17,18,19). The van der Waals surface area contributed by atoms with E-state index in [9.17, 15) is 4.39 Å². The number of halogens is 1. The maximum Gasteiger partial charge on any atom is 0.328 e. The summed E-state index contributed by atoms with van der Waals surface area (Å²) in [4.78, 5) is 12.4. The Labute approximate surface area is 119 Å². The van der Waals surface area contributed by atoms with E-state index in [1.54, 1.807) is 25.5 Å². The Bertz CT molecular complexity index is 729. The van der Waals surface area contributed by atoms with Crippen molar-refractivity contribution in [1.29, 1.82) is 0 Å². The summed E-state index contributed by atoms with van der Waals surface area (Å²) in [5, 5.41) is 6.87. The minimum atomic E-state index is -0.342. The minimum Gasteiger partial charge on any atom is -0.424 e. The third-order valence-electron chi connectivity index (χ3n) is 2.56. The molecule has 1 aromatic carbocycles. The molecule has 0 fully saturated rings. The van der Waals surface area contributed by atoms with Crippen LogP contribution in [0, 0.1) is 5.82 Å². The van der Waals surface area contributed by atoms with Gasteiger partial charge in [-0.25, -0.2) is 9.07 Å². The predicted octanol–water partition coefficient (Wildman–Crippen LogP) is 2.03. The second-order valence-electron chi connectivity index (χ2n) is 4.00. The number of ether oxygens (including phenoxy) is 1. The number of benzene rings is 1. The van der Waals surface area contributed by atoms with E-state index in [1.807, 2.05) is 0 Å². The van der Waals surface area contributed by atoms with E-state index in [-0.39, 0.29) is 11.8 Å². The fraction of sp³-hybridized carbons (Fsp3) is 0.0769. The molecule has 0 radical (unpaired) electrons. The fourth-order valence-corrected chi connectivity index (χ4v) is 1.60. The van der Waals surface area contributed by atoms with Gasteiger partial charge in [0.1, 0.15) is 11.6 Å². The molecule has 8 heteroatoms. The first-order valence-corrected chi connectivity index (χ1v) is 6.12. The van der Waals surface area contributed by atoms with Gasteiger partial charge in [-0.15, -0.1) is 0 Å². The molecule has 106 valence electrons. The van der Waals surface area contributed by atoms with Crippen LogP contribution in [0.3, 0.4) is 0 Å². The Hall–Kier alpha value is -3.03. The highest BCUT2D eigenvalue weighted by molar-refractivity contribution is 5.31. The molecule has 0 aliphatic heterocycles. The van der Waals surface area contributed by atoms with Gasteiger partial charge in [-0.3, -0.25) is 0 Å². The van der Waals surface area contributed by atoms with Crippen LogP contribution in [0.4, 0.5) is 10.3 Å². The Morgan fingerprint density at radius 3 is 2.62 bits per heavy atom. The second kappa shape index (κ2) is 5.53. The summed E-state index contributed by atoms with van der Waals surface area (Å²) in [6.07, 6.45) is 3.32. The molecule has 0 aliphatic carbocycles. The van der Waals surface area contributed by atoms with Crippen molar-refractivity contribution in [3.63, 3.8) is 0 Å². The summed E-state index contributed by atoms with van der Waals surface area (Å²) in [6, 6.07) is 7.42. The Balaban J connectivity index is 1.94. The maximum atomic E-state index is 12.9. The number of anilines is 1. The molecular weight excluding hydrogens is 275 g/mol. The highest BCUT2D eigenvalue weighted by Gasteiger charge is 2.09. The first kappa shape index (κ1) is 13.0. The molecule has 2 heterocycles. The van der Waals surface area contributed by atoms with E-state index in [0.717, 1.165) is 0 Å². The summed E-state index contributed by atoms with van der Waals surface area (Å²) >= 11 is 0. The zero-order valence-electron chi connectivity index (χ0n) is 11.1. The van der Waals surface area contributed by atoms with Gasteiger partial charge in [0.05, 0.1) is 0 Å². The van der Waals surface area contributed by atoms with Crippen molar-refractivity contribution in [2.24, 2.45) is 0 Å². The average molecular weight is 286 g/mol. The monoisotopic (exact) mass is 286 g/mol. The van der Waals surface area contributed by atoms with E-state index in [4.69, 9.17) is 4.74 Å². The van der Waals surface area contributed by atoms with E-state index in [1.165, 1.54) is 28.9 Å². The molecular formula is C13H11FN6O. The van der Waals surface area contributed by atoms with Crippen molar-refractivity contribution in [3.05, 3.63) is 48.5 Å². The minimum absolute atomic E-state index is 0.0893. The Morgan fingerprint density at radius 1 is 1.14 bits per heavy atom. The van der Waals surface area contributed by atoms with Crippen LogP contribution >= 0.6 is 0 Å². The van der Waals surface area contributed by atoms with Gasteiger partial charge < -0.3 is 10.1 Å². The van der Waals surface area contributed by atoms with Crippen LogP contribution in [0.15, 0.2) is 42.7 Å². The molecule has 7 nitrogen and oxygen atoms in total. The molecule has 3 rings (SSSR count). The van der Waals surface area contributed by atoms with Gasteiger partial charge in [-0.05, 0) is 30.3 Å². The largest absolute Gasteiger partial charge is 0.424 e. The quantitative estimate of drug-likeness (QED) is 0.790. The average Bonchev–Trinajstić information content (AvgIpc) is 3.04. The number of hydrogen-bond acceptors (Lipinski definition) is 6. The lowest BCUT2D eigenvalue weighted by atomic mass is 10.3. The van der Waals surface area contributed by atoms with Crippen LogP contribution in [0.2, 0.25) is 0 Å². The predicted molar refractivity (Wildman–Crippen MR) is 73.0 cm³/mol.